The van der Waals surface area contributed by atoms with Crippen LogP contribution in [-0.2, 0) is 12.8 Å². The average molecular weight is 351 g/mol. The molecule has 0 spiro atoms. The molecule has 1 aliphatic carbocycles. The van der Waals surface area contributed by atoms with Gasteiger partial charge in [-0.15, -0.1) is 0 Å². The summed E-state index contributed by atoms with van der Waals surface area (Å²) in [5.41, 5.74) is 11.2. The van der Waals surface area contributed by atoms with E-state index in [0.717, 1.165) is 24.2 Å². The van der Waals surface area contributed by atoms with Crippen molar-refractivity contribution in [3.63, 3.8) is 0 Å². The van der Waals surface area contributed by atoms with Crippen LogP contribution in [0, 0.1) is 0 Å². The highest BCUT2D eigenvalue weighted by Crippen LogP contribution is 2.37. The molecular formula is C24H21N3. The zero-order valence-electron chi connectivity index (χ0n) is 15.3. The van der Waals surface area contributed by atoms with E-state index in [1.54, 1.807) is 0 Å². The summed E-state index contributed by atoms with van der Waals surface area (Å²) in [6.07, 6.45) is 2.15. The fourth-order valence-electron chi connectivity index (χ4n) is 4.14. The van der Waals surface area contributed by atoms with E-state index < -0.39 is 0 Å². The van der Waals surface area contributed by atoms with E-state index in [-0.39, 0.29) is 0 Å². The molecule has 0 bridgehead atoms. The fraction of sp³-hybridized carbons (Fsp3) is 0.125. The van der Waals surface area contributed by atoms with E-state index >= 15 is 0 Å². The topological polar surface area (TPSA) is 41.6 Å². The van der Waals surface area contributed by atoms with Crippen LogP contribution in [0.2, 0.25) is 0 Å². The van der Waals surface area contributed by atoms with Gasteiger partial charge in [-0.25, -0.2) is 4.99 Å². The summed E-state index contributed by atoms with van der Waals surface area (Å²) in [4.78, 5) is 6.68. The van der Waals surface area contributed by atoms with Crippen molar-refractivity contribution in [3.8, 4) is 0 Å². The van der Waals surface area contributed by atoms with Crippen molar-refractivity contribution in [1.29, 1.82) is 0 Å². The highest BCUT2D eigenvalue weighted by atomic mass is 15.2. The van der Waals surface area contributed by atoms with Gasteiger partial charge in [0.15, 0.2) is 0 Å². The van der Waals surface area contributed by atoms with Gasteiger partial charge in [0, 0.05) is 12.7 Å². The predicted molar refractivity (Wildman–Crippen MR) is 115 cm³/mol. The van der Waals surface area contributed by atoms with Crippen LogP contribution in [0.4, 0.5) is 11.4 Å². The number of fused-ring (bicyclic) bond motifs is 1. The van der Waals surface area contributed by atoms with Crippen LogP contribution in [-0.4, -0.2) is 13.0 Å². The van der Waals surface area contributed by atoms with Gasteiger partial charge in [0.1, 0.15) is 0 Å². The first-order chi connectivity index (χ1) is 13.2. The van der Waals surface area contributed by atoms with Crippen molar-refractivity contribution >= 4 is 38.9 Å². The lowest BCUT2D eigenvalue weighted by Crippen LogP contribution is -2.34. The van der Waals surface area contributed by atoms with Crippen LogP contribution >= 0.6 is 0 Å². The van der Waals surface area contributed by atoms with Crippen molar-refractivity contribution in [3.05, 3.63) is 83.9 Å². The van der Waals surface area contributed by atoms with Gasteiger partial charge in [-0.1, -0.05) is 54.6 Å². The number of aryl methyl sites for hydroxylation is 2. The Morgan fingerprint density at radius 3 is 2.52 bits per heavy atom. The Hall–Kier alpha value is -3.33. The molecule has 27 heavy (non-hydrogen) atoms. The first-order valence-corrected chi connectivity index (χ1v) is 9.31. The summed E-state index contributed by atoms with van der Waals surface area (Å²) in [5, 5.41) is 5.07. The summed E-state index contributed by atoms with van der Waals surface area (Å²) in [7, 11) is 2.00. The summed E-state index contributed by atoms with van der Waals surface area (Å²) in [6.45, 7) is 0. The molecule has 132 valence electrons. The van der Waals surface area contributed by atoms with Gasteiger partial charge in [-0.3, -0.25) is 0 Å². The summed E-state index contributed by atoms with van der Waals surface area (Å²) in [5.74, 6) is 0.505. The largest absolute Gasteiger partial charge is 0.369 e. The van der Waals surface area contributed by atoms with Gasteiger partial charge >= 0.3 is 0 Å². The minimum Gasteiger partial charge on any atom is -0.369 e. The van der Waals surface area contributed by atoms with Crippen molar-refractivity contribution in [2.24, 2.45) is 10.7 Å². The molecule has 3 nitrogen and oxygen atoms in total. The van der Waals surface area contributed by atoms with Gasteiger partial charge in [-0.2, -0.15) is 0 Å². The quantitative estimate of drug-likeness (QED) is 0.400. The molecule has 0 radical (unpaired) electrons. The number of nitrogens with zero attached hydrogens (tertiary/aromatic N) is 2. The smallest absolute Gasteiger partial charge is 0.200 e. The third-order valence-electron chi connectivity index (χ3n) is 5.54. The zero-order valence-corrected chi connectivity index (χ0v) is 15.3. The first kappa shape index (κ1) is 15.9. The molecule has 4 aromatic rings. The number of aliphatic imine (C=N–C) groups is 1. The summed E-state index contributed by atoms with van der Waals surface area (Å²) in [6, 6.07) is 25.4. The minimum absolute atomic E-state index is 0.505. The third kappa shape index (κ3) is 2.63. The van der Waals surface area contributed by atoms with Gasteiger partial charge in [0.2, 0.25) is 5.96 Å². The van der Waals surface area contributed by atoms with Crippen molar-refractivity contribution < 1.29 is 0 Å². The maximum atomic E-state index is 6.39. The molecule has 0 heterocycles. The number of guanidine groups is 1. The van der Waals surface area contributed by atoms with Crippen molar-refractivity contribution in [1.82, 2.24) is 0 Å². The normalized spacial score (nSPS) is 13.4. The van der Waals surface area contributed by atoms with E-state index in [9.17, 15) is 0 Å². The van der Waals surface area contributed by atoms with E-state index in [0.29, 0.717) is 5.96 Å². The van der Waals surface area contributed by atoms with E-state index in [2.05, 4.69) is 59.6 Å². The Kier molecular flexibility index (Phi) is 3.61. The second-order valence-electron chi connectivity index (χ2n) is 7.14. The molecule has 2 N–H and O–H groups in total. The van der Waals surface area contributed by atoms with Crippen LogP contribution in [0.15, 0.2) is 77.8 Å². The lowest BCUT2D eigenvalue weighted by molar-refractivity contribution is 1.02. The molecule has 0 saturated heterocycles. The Balaban J connectivity index is 1.54. The van der Waals surface area contributed by atoms with Gasteiger partial charge in [-0.05, 0) is 63.7 Å². The summed E-state index contributed by atoms with van der Waals surface area (Å²) < 4.78 is 0. The van der Waals surface area contributed by atoms with E-state index in [1.165, 1.54) is 32.7 Å². The maximum absolute atomic E-state index is 6.39. The maximum Gasteiger partial charge on any atom is 0.200 e. The van der Waals surface area contributed by atoms with Gasteiger partial charge in [0.05, 0.1) is 5.69 Å². The van der Waals surface area contributed by atoms with Crippen LogP contribution in [0.5, 0.6) is 0 Å². The van der Waals surface area contributed by atoms with Crippen LogP contribution in [0.1, 0.15) is 11.1 Å². The highest BCUT2D eigenvalue weighted by molar-refractivity contribution is 6.02. The number of hydrogen-bond acceptors (Lipinski definition) is 1. The molecule has 0 aliphatic heterocycles. The fourth-order valence-corrected chi connectivity index (χ4v) is 4.14. The van der Waals surface area contributed by atoms with E-state index in [4.69, 9.17) is 5.73 Å². The predicted octanol–water partition coefficient (Wildman–Crippen LogP) is 5.17. The minimum atomic E-state index is 0.505. The lowest BCUT2D eigenvalue weighted by atomic mass is 10.0. The second kappa shape index (κ2) is 6.13. The average Bonchev–Trinajstić information content (AvgIpc) is 3.14. The summed E-state index contributed by atoms with van der Waals surface area (Å²) >= 11 is 0. The SMILES string of the molecule is CN(C(N)=Nc1ccc2ccccc2c1)c1ccc2cccc3c2c1CC3. The Bertz CT molecular complexity index is 1210. The third-order valence-corrected chi connectivity index (χ3v) is 5.54. The number of hydrogen-bond donors (Lipinski definition) is 1. The molecule has 0 saturated carbocycles. The lowest BCUT2D eigenvalue weighted by Gasteiger charge is -2.21. The highest BCUT2D eigenvalue weighted by Gasteiger charge is 2.20. The molecule has 0 aromatic heterocycles. The van der Waals surface area contributed by atoms with Gasteiger partial charge < -0.3 is 10.6 Å². The number of rotatable bonds is 2. The first-order valence-electron chi connectivity index (χ1n) is 9.31. The monoisotopic (exact) mass is 351 g/mol. The molecule has 0 atom stereocenters. The van der Waals surface area contributed by atoms with Gasteiger partial charge in [0.25, 0.3) is 0 Å². The Morgan fingerprint density at radius 2 is 1.63 bits per heavy atom. The Labute approximate surface area is 158 Å². The van der Waals surface area contributed by atoms with Crippen LogP contribution in [0.25, 0.3) is 21.5 Å². The molecule has 3 heteroatoms. The Morgan fingerprint density at radius 1 is 0.852 bits per heavy atom. The molecule has 0 unspecified atom stereocenters. The van der Waals surface area contributed by atoms with Crippen molar-refractivity contribution in [2.75, 3.05) is 11.9 Å². The number of benzene rings is 4. The van der Waals surface area contributed by atoms with Crippen molar-refractivity contribution in [2.45, 2.75) is 12.8 Å². The number of nitrogens with two attached hydrogens (primary N) is 1. The second-order valence-corrected chi connectivity index (χ2v) is 7.14. The zero-order chi connectivity index (χ0) is 18.4. The molecule has 1 aliphatic rings. The van der Waals surface area contributed by atoms with Crippen LogP contribution < -0.4 is 10.6 Å². The number of anilines is 1. The van der Waals surface area contributed by atoms with Crippen LogP contribution in [0.3, 0.4) is 0 Å². The molecular weight excluding hydrogens is 330 g/mol. The standard InChI is InChI=1S/C24H21N3/c1-27(22-14-11-18-8-4-7-17-10-13-21(22)23(17)18)24(25)26-20-12-9-16-5-2-3-6-19(16)15-20/h2-9,11-12,14-15H,10,13H2,1H3,(H2,25,26). The van der Waals surface area contributed by atoms with E-state index in [1.807, 2.05) is 30.1 Å². The molecule has 4 aromatic carbocycles. The molecule has 5 rings (SSSR count). The molecule has 0 amide bonds. The molecule has 0 fully saturated rings.